The summed E-state index contributed by atoms with van der Waals surface area (Å²) in [5, 5.41) is 11.9. The molecule has 2 amide bonds. The Bertz CT molecular complexity index is 580. The molecule has 3 N–H and O–H groups in total. The zero-order chi connectivity index (χ0) is 18.3. The average Bonchev–Trinajstić information content (AvgIpc) is 2.43. The predicted molar refractivity (Wildman–Crippen MR) is 70.7 cm³/mol. The summed E-state index contributed by atoms with van der Waals surface area (Å²) in [6.45, 7) is -3.74. The molecule has 1 atom stereocenters. The van der Waals surface area contributed by atoms with Gasteiger partial charge in [-0.15, -0.1) is 0 Å². The molecular weight excluding hydrogens is 343 g/mol. The van der Waals surface area contributed by atoms with Crippen LogP contribution in [0, 0.1) is 0 Å². The quantitative estimate of drug-likeness (QED) is 0.656. The molecule has 1 rings (SSSR count). The fourth-order valence-electron chi connectivity index (χ4n) is 1.72. The number of para-hydroxylation sites is 1. The van der Waals surface area contributed by atoms with Crippen molar-refractivity contribution in [3.63, 3.8) is 0 Å². The standard InChI is InChI=1S/C13H13F5N2O4/c14-11(15)24-8-4-2-1-3-7(8)10(13(16,17)18)20-12(23)19-6-5-9(21)22/h1-4,10-11H,5-6H2,(H,21,22)(H2,19,20,23). The summed E-state index contributed by atoms with van der Waals surface area (Å²) in [6.07, 6.45) is -5.49. The second-order valence-electron chi connectivity index (χ2n) is 4.43. The molecule has 1 aromatic carbocycles. The van der Waals surface area contributed by atoms with Crippen LogP contribution in [0.3, 0.4) is 0 Å². The maximum absolute atomic E-state index is 13.2. The van der Waals surface area contributed by atoms with Gasteiger partial charge < -0.3 is 20.5 Å². The van der Waals surface area contributed by atoms with E-state index in [1.54, 1.807) is 5.32 Å². The highest BCUT2D eigenvalue weighted by Gasteiger charge is 2.43. The van der Waals surface area contributed by atoms with Crippen LogP contribution in [0.5, 0.6) is 5.75 Å². The third-order valence-electron chi connectivity index (χ3n) is 2.67. The summed E-state index contributed by atoms with van der Waals surface area (Å²) in [6, 6.07) is 0.234. The van der Waals surface area contributed by atoms with Gasteiger partial charge in [-0.3, -0.25) is 4.79 Å². The van der Waals surface area contributed by atoms with E-state index in [9.17, 15) is 31.5 Å². The molecule has 0 aliphatic carbocycles. The number of nitrogens with one attached hydrogen (secondary N) is 2. The highest BCUT2D eigenvalue weighted by Crippen LogP contribution is 2.37. The summed E-state index contributed by atoms with van der Waals surface area (Å²) in [4.78, 5) is 21.8. The maximum atomic E-state index is 13.2. The maximum Gasteiger partial charge on any atom is 0.413 e. The molecule has 0 bridgehead atoms. The van der Waals surface area contributed by atoms with Crippen LogP contribution in [0.25, 0.3) is 0 Å². The molecule has 11 heteroatoms. The highest BCUT2D eigenvalue weighted by molar-refractivity contribution is 5.75. The summed E-state index contributed by atoms with van der Waals surface area (Å²) in [5.74, 6) is -1.99. The van der Waals surface area contributed by atoms with Crippen LogP contribution in [-0.4, -0.2) is 36.4 Å². The molecule has 0 aromatic heterocycles. The van der Waals surface area contributed by atoms with Gasteiger partial charge in [0.25, 0.3) is 0 Å². The van der Waals surface area contributed by atoms with Crippen molar-refractivity contribution in [2.45, 2.75) is 25.3 Å². The van der Waals surface area contributed by atoms with Gasteiger partial charge in [0.15, 0.2) is 6.04 Å². The number of hydrogen-bond acceptors (Lipinski definition) is 3. The van der Waals surface area contributed by atoms with Gasteiger partial charge in [-0.25, -0.2) is 4.79 Å². The lowest BCUT2D eigenvalue weighted by Crippen LogP contribution is -2.44. The first kappa shape index (κ1) is 19.5. The Balaban J connectivity index is 2.95. The van der Waals surface area contributed by atoms with Crippen molar-refractivity contribution in [1.29, 1.82) is 0 Å². The molecule has 1 aromatic rings. The Kier molecular flexibility index (Phi) is 6.74. The van der Waals surface area contributed by atoms with E-state index in [2.05, 4.69) is 4.74 Å². The molecule has 0 saturated carbocycles. The molecule has 0 aliphatic rings. The third-order valence-corrected chi connectivity index (χ3v) is 2.67. The van der Waals surface area contributed by atoms with E-state index in [1.807, 2.05) is 5.32 Å². The molecule has 0 radical (unpaired) electrons. The van der Waals surface area contributed by atoms with Crippen LogP contribution in [-0.2, 0) is 4.79 Å². The molecule has 1 unspecified atom stereocenters. The number of amides is 2. The number of carbonyl (C=O) groups excluding carboxylic acids is 1. The zero-order valence-electron chi connectivity index (χ0n) is 11.9. The number of ether oxygens (including phenoxy) is 1. The number of halogens is 5. The Hall–Kier alpha value is -2.59. The average molecular weight is 356 g/mol. The van der Waals surface area contributed by atoms with Gasteiger partial charge in [-0.1, -0.05) is 18.2 Å². The second kappa shape index (κ2) is 8.31. The van der Waals surface area contributed by atoms with Crippen molar-refractivity contribution < 1.29 is 41.4 Å². The fourth-order valence-corrected chi connectivity index (χ4v) is 1.72. The lowest BCUT2D eigenvalue weighted by Gasteiger charge is -2.24. The molecule has 134 valence electrons. The summed E-state index contributed by atoms with van der Waals surface area (Å²) >= 11 is 0. The van der Waals surface area contributed by atoms with Crippen LogP contribution in [0.1, 0.15) is 18.0 Å². The Morgan fingerprint density at radius 2 is 1.83 bits per heavy atom. The largest absolute Gasteiger partial charge is 0.481 e. The van der Waals surface area contributed by atoms with Gasteiger partial charge in [0, 0.05) is 12.1 Å². The molecule has 0 spiro atoms. The molecule has 0 saturated heterocycles. The first-order valence-electron chi connectivity index (χ1n) is 6.48. The van der Waals surface area contributed by atoms with Crippen LogP contribution < -0.4 is 15.4 Å². The lowest BCUT2D eigenvalue weighted by atomic mass is 10.1. The highest BCUT2D eigenvalue weighted by atomic mass is 19.4. The number of rotatable bonds is 7. The van der Waals surface area contributed by atoms with Crippen LogP contribution in [0.2, 0.25) is 0 Å². The molecule has 24 heavy (non-hydrogen) atoms. The van der Waals surface area contributed by atoms with E-state index in [1.165, 1.54) is 6.07 Å². The number of hydrogen-bond donors (Lipinski definition) is 3. The van der Waals surface area contributed by atoms with Crippen LogP contribution in [0.4, 0.5) is 26.7 Å². The fraction of sp³-hybridized carbons (Fsp3) is 0.385. The van der Waals surface area contributed by atoms with Gasteiger partial charge in [0.2, 0.25) is 0 Å². The van der Waals surface area contributed by atoms with Crippen LogP contribution in [0.15, 0.2) is 24.3 Å². The van der Waals surface area contributed by atoms with Crippen LogP contribution >= 0.6 is 0 Å². The van der Waals surface area contributed by atoms with Gasteiger partial charge >= 0.3 is 24.8 Å². The van der Waals surface area contributed by atoms with Gasteiger partial charge in [-0.05, 0) is 6.07 Å². The first-order chi connectivity index (χ1) is 11.1. The first-order valence-corrected chi connectivity index (χ1v) is 6.48. The van der Waals surface area contributed by atoms with E-state index in [4.69, 9.17) is 5.11 Å². The molecular formula is C13H13F5N2O4. The van der Waals surface area contributed by atoms with E-state index in [-0.39, 0.29) is 0 Å². The summed E-state index contributed by atoms with van der Waals surface area (Å²) < 4.78 is 68.1. The monoisotopic (exact) mass is 356 g/mol. The zero-order valence-corrected chi connectivity index (χ0v) is 11.9. The minimum atomic E-state index is -4.99. The molecule has 0 aliphatic heterocycles. The normalized spacial score (nSPS) is 12.6. The topological polar surface area (TPSA) is 87.7 Å². The number of carboxylic acids is 1. The van der Waals surface area contributed by atoms with E-state index < -0.39 is 55.1 Å². The summed E-state index contributed by atoms with van der Waals surface area (Å²) in [5.41, 5.74) is -0.710. The second-order valence-corrected chi connectivity index (χ2v) is 4.43. The number of aliphatic carboxylic acids is 1. The van der Waals surface area contributed by atoms with Gasteiger partial charge in [-0.2, -0.15) is 22.0 Å². The number of urea groups is 1. The third kappa shape index (κ3) is 6.26. The number of carbonyl (C=O) groups is 2. The van der Waals surface area contributed by atoms with Crippen molar-refractivity contribution in [2.75, 3.05) is 6.54 Å². The van der Waals surface area contributed by atoms with Gasteiger partial charge in [0.1, 0.15) is 5.75 Å². The minimum Gasteiger partial charge on any atom is -0.481 e. The number of carboxylic acid groups (broad SMARTS) is 1. The SMILES string of the molecule is O=C(O)CCNC(=O)NC(c1ccccc1OC(F)F)C(F)(F)F. The van der Waals surface area contributed by atoms with E-state index >= 15 is 0 Å². The molecule has 0 fully saturated rings. The van der Waals surface area contributed by atoms with Crippen molar-refractivity contribution in [1.82, 2.24) is 10.6 Å². The van der Waals surface area contributed by atoms with Crippen molar-refractivity contribution in [2.24, 2.45) is 0 Å². The van der Waals surface area contributed by atoms with Crippen molar-refractivity contribution >= 4 is 12.0 Å². The lowest BCUT2D eigenvalue weighted by molar-refractivity contribution is -0.156. The van der Waals surface area contributed by atoms with Gasteiger partial charge in [0.05, 0.1) is 6.42 Å². The minimum absolute atomic E-state index is 0.402. The summed E-state index contributed by atoms with van der Waals surface area (Å²) in [7, 11) is 0. The van der Waals surface area contributed by atoms with E-state index in [0.29, 0.717) is 0 Å². The van der Waals surface area contributed by atoms with Crippen molar-refractivity contribution in [3.8, 4) is 5.75 Å². The Morgan fingerprint density at radius 3 is 2.38 bits per heavy atom. The smallest absolute Gasteiger partial charge is 0.413 e. The Labute approximate surface area is 132 Å². The molecule has 6 nitrogen and oxygen atoms in total. The number of alkyl halides is 5. The van der Waals surface area contributed by atoms with E-state index in [0.717, 1.165) is 18.2 Å². The van der Waals surface area contributed by atoms with Crippen molar-refractivity contribution in [3.05, 3.63) is 29.8 Å². The molecule has 0 heterocycles. The Morgan fingerprint density at radius 1 is 1.21 bits per heavy atom. The number of benzene rings is 1. The predicted octanol–water partition coefficient (Wildman–Crippen LogP) is 2.67.